The van der Waals surface area contributed by atoms with Crippen LogP contribution in [0.2, 0.25) is 0 Å². The maximum atomic E-state index is 15.4. The van der Waals surface area contributed by atoms with Crippen molar-refractivity contribution in [3.63, 3.8) is 0 Å². The molecule has 3 heterocycles. The average Bonchev–Trinajstić information content (AvgIpc) is 3.77. The van der Waals surface area contributed by atoms with Crippen LogP contribution in [0.25, 0.3) is 10.9 Å². The zero-order chi connectivity index (χ0) is 29.5. The first-order chi connectivity index (χ1) is 19.4. The summed E-state index contributed by atoms with van der Waals surface area (Å²) in [4.78, 5) is 38.7. The molecule has 13 heteroatoms. The van der Waals surface area contributed by atoms with E-state index in [2.05, 4.69) is 20.3 Å². The lowest BCUT2D eigenvalue weighted by molar-refractivity contribution is -0.132. The van der Waals surface area contributed by atoms with Crippen LogP contribution in [0, 0.1) is 18.7 Å². The first-order valence-corrected chi connectivity index (χ1v) is 15.7. The van der Waals surface area contributed by atoms with Gasteiger partial charge in [-0.3, -0.25) is 14.6 Å². The van der Waals surface area contributed by atoms with Crippen molar-refractivity contribution in [1.82, 2.24) is 25.2 Å². The molecular weight excluding hydrogens is 556 g/mol. The van der Waals surface area contributed by atoms with Crippen LogP contribution in [0.1, 0.15) is 49.7 Å². The average molecular weight is 589 g/mol. The summed E-state index contributed by atoms with van der Waals surface area (Å²) in [5, 5.41) is 5.68. The summed E-state index contributed by atoms with van der Waals surface area (Å²) in [5.41, 5.74) is 0.0695. The van der Waals surface area contributed by atoms with Gasteiger partial charge in [0.15, 0.2) is 0 Å². The van der Waals surface area contributed by atoms with Gasteiger partial charge >= 0.3 is 0 Å². The van der Waals surface area contributed by atoms with Gasteiger partial charge in [0.2, 0.25) is 11.8 Å². The second-order valence-electron chi connectivity index (χ2n) is 10.8. The number of halogens is 3. The fraction of sp³-hybridized carbons (Fsp3) is 0.464. The number of carbonyl (C=O) groups excluding carboxylic acids is 2. The zero-order valence-corrected chi connectivity index (χ0v) is 24.0. The molecule has 0 bridgehead atoms. The summed E-state index contributed by atoms with van der Waals surface area (Å²) in [6.45, 7) is 4.22. The number of anilines is 1. The molecule has 1 saturated carbocycles. The predicted octanol–water partition coefficient (Wildman–Crippen LogP) is 4.11. The molecule has 41 heavy (non-hydrogen) atoms. The third-order valence-electron chi connectivity index (χ3n) is 7.60. The number of aromatic nitrogens is 3. The van der Waals surface area contributed by atoms with Crippen molar-refractivity contribution in [2.75, 3.05) is 37.3 Å². The van der Waals surface area contributed by atoms with E-state index in [1.54, 1.807) is 24.8 Å². The summed E-state index contributed by atoms with van der Waals surface area (Å²) in [7, 11) is -2.89. The predicted molar refractivity (Wildman–Crippen MR) is 149 cm³/mol. The van der Waals surface area contributed by atoms with Crippen molar-refractivity contribution in [3.8, 4) is 0 Å². The summed E-state index contributed by atoms with van der Waals surface area (Å²) in [6.07, 6.45) is 4.03. The monoisotopic (exact) mass is 588 g/mol. The Kier molecular flexibility index (Phi) is 7.80. The van der Waals surface area contributed by atoms with E-state index in [9.17, 15) is 22.9 Å². The van der Waals surface area contributed by atoms with Crippen LogP contribution in [0.15, 0.2) is 30.5 Å². The summed E-state index contributed by atoms with van der Waals surface area (Å²) in [5.74, 6) is -4.36. The van der Waals surface area contributed by atoms with Gasteiger partial charge < -0.3 is 20.1 Å². The molecule has 2 aliphatic rings. The van der Waals surface area contributed by atoms with Crippen molar-refractivity contribution in [3.05, 3.63) is 53.2 Å². The molecule has 1 aliphatic heterocycles. The Balaban J connectivity index is 1.41. The van der Waals surface area contributed by atoms with Crippen molar-refractivity contribution in [2.24, 2.45) is 5.92 Å². The number of hydrogen-bond donors (Lipinski definition) is 2. The quantitative estimate of drug-likeness (QED) is 0.381. The lowest BCUT2D eigenvalue weighted by atomic mass is 10.00. The molecule has 0 radical (unpaired) electrons. The van der Waals surface area contributed by atoms with E-state index in [1.807, 2.05) is 5.32 Å². The molecule has 0 unspecified atom stereocenters. The van der Waals surface area contributed by atoms with E-state index in [0.29, 0.717) is 53.4 Å². The third kappa shape index (κ3) is 6.07. The summed E-state index contributed by atoms with van der Waals surface area (Å²) < 4.78 is 58.8. The van der Waals surface area contributed by atoms with Crippen LogP contribution in [0.3, 0.4) is 0 Å². The topological polar surface area (TPSA) is 117 Å². The number of benzene rings is 1. The Labute approximate surface area is 235 Å². The van der Waals surface area contributed by atoms with Gasteiger partial charge in [0.05, 0.1) is 29.9 Å². The molecular formula is C28H32F3N6O3P. The number of alkyl halides is 2. The number of aryl methyl sites for hydroxylation is 1. The summed E-state index contributed by atoms with van der Waals surface area (Å²) >= 11 is 0. The highest BCUT2D eigenvalue weighted by Gasteiger charge is 2.39. The van der Waals surface area contributed by atoms with Crippen LogP contribution in [-0.2, 0) is 20.1 Å². The molecule has 1 aromatic carbocycles. The van der Waals surface area contributed by atoms with Crippen molar-refractivity contribution >= 4 is 41.1 Å². The standard InChI is InChI=1S/C28H32F3N6O3P/c1-16(20-5-4-6-22(25(20)29)28(30,31)15-33-18(3)38)34-26-21-13-24(32-14-23(21)35-17(2)36-26)41(40)11-9-37(10-12-41)27(39)19-7-8-19/h4-6,13-14,16,19H,7-12,15H2,1-3H3,(H,33,38)(H,34,35,36)/t16-/m1/s1. The zero-order valence-electron chi connectivity index (χ0n) is 23.1. The van der Waals surface area contributed by atoms with Crippen molar-refractivity contribution < 1.29 is 27.3 Å². The molecule has 5 rings (SSSR count). The highest BCUT2D eigenvalue weighted by atomic mass is 31.2. The number of amides is 2. The Hall–Kier alpha value is -3.53. The smallest absolute Gasteiger partial charge is 0.292 e. The van der Waals surface area contributed by atoms with Crippen LogP contribution in [0.4, 0.5) is 19.0 Å². The number of rotatable bonds is 8. The van der Waals surface area contributed by atoms with Gasteiger partial charge in [-0.25, -0.2) is 14.4 Å². The number of hydrogen-bond acceptors (Lipinski definition) is 7. The number of nitrogens with zero attached hydrogens (tertiary/aromatic N) is 4. The number of fused-ring (bicyclic) bond motifs is 1. The Morgan fingerprint density at radius 1 is 1.20 bits per heavy atom. The second kappa shape index (κ2) is 11.0. The second-order valence-corrected chi connectivity index (χ2v) is 13.9. The van der Waals surface area contributed by atoms with Gasteiger partial charge in [-0.2, -0.15) is 8.78 Å². The van der Waals surface area contributed by atoms with Crippen LogP contribution < -0.4 is 16.1 Å². The van der Waals surface area contributed by atoms with E-state index in [1.165, 1.54) is 18.3 Å². The highest BCUT2D eigenvalue weighted by molar-refractivity contribution is 7.71. The molecule has 3 aromatic rings. The van der Waals surface area contributed by atoms with Gasteiger partial charge in [-0.15, -0.1) is 0 Å². The molecule has 2 amide bonds. The maximum Gasteiger partial charge on any atom is 0.292 e. The Morgan fingerprint density at radius 2 is 1.90 bits per heavy atom. The molecule has 1 atom stereocenters. The van der Waals surface area contributed by atoms with Gasteiger partial charge in [-0.1, -0.05) is 12.1 Å². The minimum atomic E-state index is -3.62. The first-order valence-electron chi connectivity index (χ1n) is 13.6. The summed E-state index contributed by atoms with van der Waals surface area (Å²) in [6, 6.07) is 4.63. The van der Waals surface area contributed by atoms with Gasteiger partial charge in [0.1, 0.15) is 30.0 Å². The van der Waals surface area contributed by atoms with E-state index < -0.39 is 42.9 Å². The minimum Gasteiger partial charge on any atom is -0.363 e. The molecule has 218 valence electrons. The van der Waals surface area contributed by atoms with Crippen LogP contribution >= 0.6 is 7.14 Å². The Bertz CT molecular complexity index is 1550. The lowest BCUT2D eigenvalue weighted by Crippen LogP contribution is -2.42. The maximum absolute atomic E-state index is 15.4. The van der Waals surface area contributed by atoms with E-state index in [4.69, 9.17) is 0 Å². The molecule has 2 N–H and O–H groups in total. The number of nitrogens with one attached hydrogen (secondary N) is 2. The minimum absolute atomic E-state index is 0.0100. The number of carbonyl (C=O) groups is 2. The van der Waals surface area contributed by atoms with E-state index in [-0.39, 0.29) is 17.4 Å². The fourth-order valence-electron chi connectivity index (χ4n) is 5.08. The van der Waals surface area contributed by atoms with Gasteiger partial charge in [0, 0.05) is 49.2 Å². The van der Waals surface area contributed by atoms with Crippen molar-refractivity contribution in [2.45, 2.75) is 45.6 Å². The van der Waals surface area contributed by atoms with Crippen molar-refractivity contribution in [1.29, 1.82) is 0 Å². The number of pyridine rings is 1. The third-order valence-corrected chi connectivity index (χ3v) is 10.5. The van der Waals surface area contributed by atoms with Crippen LogP contribution in [0.5, 0.6) is 0 Å². The lowest BCUT2D eigenvalue weighted by Gasteiger charge is -2.32. The fourth-order valence-corrected chi connectivity index (χ4v) is 7.52. The van der Waals surface area contributed by atoms with Gasteiger partial charge in [-0.05, 0) is 38.8 Å². The van der Waals surface area contributed by atoms with Crippen LogP contribution in [-0.4, -0.2) is 63.6 Å². The molecule has 2 aromatic heterocycles. The SMILES string of the molecule is CC(=O)NCC(F)(F)c1cccc([C@@H](C)Nc2nc(C)nc3cnc(P4(=O)CCN(C(=O)C5CC5)CC4)cc23)c1F. The molecule has 1 saturated heterocycles. The normalized spacial score (nSPS) is 17.8. The molecule has 2 fully saturated rings. The largest absolute Gasteiger partial charge is 0.363 e. The van der Waals surface area contributed by atoms with Gasteiger partial charge in [0.25, 0.3) is 5.92 Å². The Morgan fingerprint density at radius 3 is 2.56 bits per heavy atom. The van der Waals surface area contributed by atoms with E-state index in [0.717, 1.165) is 25.8 Å². The molecule has 9 nitrogen and oxygen atoms in total. The molecule has 1 aliphatic carbocycles. The first kappa shape index (κ1) is 29.0. The molecule has 0 spiro atoms. The highest BCUT2D eigenvalue weighted by Crippen LogP contribution is 2.47. The van der Waals surface area contributed by atoms with E-state index >= 15 is 4.39 Å².